The van der Waals surface area contributed by atoms with Crippen LogP contribution < -0.4 is 0 Å². The summed E-state index contributed by atoms with van der Waals surface area (Å²) in [5, 5.41) is 0. The smallest absolute Gasteiger partial charge is 0.136 e. The molecule has 1 aliphatic rings. The molecule has 1 unspecified atom stereocenters. The number of carbonyl (C=O) groups is 1. The van der Waals surface area contributed by atoms with Crippen LogP contribution in [0, 0.1) is 5.92 Å². The minimum atomic E-state index is 0.393. The van der Waals surface area contributed by atoms with Crippen molar-refractivity contribution in [2.24, 2.45) is 5.92 Å². The monoisotopic (exact) mass is 216 g/mol. The molecule has 0 saturated heterocycles. The zero-order valence-corrected chi connectivity index (χ0v) is 9.78. The van der Waals surface area contributed by atoms with Gasteiger partial charge in [-0.1, -0.05) is 0 Å². The van der Waals surface area contributed by atoms with Crippen molar-refractivity contribution in [2.45, 2.75) is 32.1 Å². The van der Waals surface area contributed by atoms with E-state index in [9.17, 15) is 4.79 Å². The number of ketones is 1. The lowest BCUT2D eigenvalue weighted by atomic mass is 10.1. The van der Waals surface area contributed by atoms with E-state index in [0.29, 0.717) is 11.7 Å². The fraction of sp³-hybridized carbons (Fsp3) is 0.909. The van der Waals surface area contributed by atoms with Gasteiger partial charge >= 0.3 is 0 Å². The summed E-state index contributed by atoms with van der Waals surface area (Å²) in [4.78, 5) is 11.3. The first-order valence-electron chi connectivity index (χ1n) is 5.44. The number of methoxy groups -OCH3 is 1. The summed E-state index contributed by atoms with van der Waals surface area (Å²) in [5.41, 5.74) is 0. The molecular weight excluding hydrogens is 196 g/mol. The molecule has 14 heavy (non-hydrogen) atoms. The minimum absolute atomic E-state index is 0.393. The van der Waals surface area contributed by atoms with Gasteiger partial charge in [0.2, 0.25) is 0 Å². The molecule has 1 rings (SSSR count). The third-order valence-electron chi connectivity index (χ3n) is 2.68. The van der Waals surface area contributed by atoms with E-state index in [-0.39, 0.29) is 0 Å². The Balaban J connectivity index is 1.90. The SMILES string of the molecule is COCCCSCCC1CCCC1=O. The van der Waals surface area contributed by atoms with E-state index in [1.165, 1.54) is 0 Å². The van der Waals surface area contributed by atoms with Gasteiger partial charge in [0, 0.05) is 26.1 Å². The lowest BCUT2D eigenvalue weighted by Crippen LogP contribution is -2.07. The van der Waals surface area contributed by atoms with Crippen LogP contribution in [0.2, 0.25) is 0 Å². The Morgan fingerprint density at radius 1 is 1.50 bits per heavy atom. The topological polar surface area (TPSA) is 26.3 Å². The Bertz CT molecular complexity index is 171. The largest absolute Gasteiger partial charge is 0.385 e. The number of hydrogen-bond donors (Lipinski definition) is 0. The maximum absolute atomic E-state index is 11.3. The van der Waals surface area contributed by atoms with Gasteiger partial charge in [-0.2, -0.15) is 11.8 Å². The molecule has 82 valence electrons. The highest BCUT2D eigenvalue weighted by Gasteiger charge is 2.23. The molecule has 0 aromatic carbocycles. The van der Waals surface area contributed by atoms with Gasteiger partial charge in [-0.25, -0.2) is 0 Å². The van der Waals surface area contributed by atoms with Gasteiger partial charge in [0.15, 0.2) is 0 Å². The molecule has 0 heterocycles. The standard InChI is InChI=1S/C11H20O2S/c1-13-7-3-8-14-9-6-10-4-2-5-11(10)12/h10H,2-9H2,1H3. The summed E-state index contributed by atoms with van der Waals surface area (Å²) in [7, 11) is 1.74. The molecule has 0 radical (unpaired) electrons. The number of carbonyl (C=O) groups excluding carboxylic acids is 1. The first-order chi connectivity index (χ1) is 6.84. The van der Waals surface area contributed by atoms with Gasteiger partial charge in [0.1, 0.15) is 5.78 Å². The number of hydrogen-bond acceptors (Lipinski definition) is 3. The van der Waals surface area contributed by atoms with Crippen LogP contribution in [-0.4, -0.2) is 31.0 Å². The molecule has 0 aromatic rings. The molecule has 0 aliphatic heterocycles. The highest BCUT2D eigenvalue weighted by Crippen LogP contribution is 2.25. The number of ether oxygens (including phenoxy) is 1. The Morgan fingerprint density at radius 3 is 3.00 bits per heavy atom. The zero-order chi connectivity index (χ0) is 10.2. The summed E-state index contributed by atoms with van der Waals surface area (Å²) in [5.74, 6) is 3.20. The van der Waals surface area contributed by atoms with Crippen molar-refractivity contribution in [2.75, 3.05) is 25.2 Å². The second kappa shape index (κ2) is 7.30. The lowest BCUT2D eigenvalue weighted by molar-refractivity contribution is -0.120. The van der Waals surface area contributed by atoms with E-state index in [1.807, 2.05) is 11.8 Å². The Hall–Kier alpha value is -0.0200. The second-order valence-corrected chi connectivity index (χ2v) is 5.03. The van der Waals surface area contributed by atoms with Gasteiger partial charge in [-0.15, -0.1) is 0 Å². The van der Waals surface area contributed by atoms with Crippen LogP contribution in [-0.2, 0) is 9.53 Å². The quantitative estimate of drug-likeness (QED) is 0.612. The summed E-state index contributed by atoms with van der Waals surface area (Å²) in [6, 6.07) is 0. The summed E-state index contributed by atoms with van der Waals surface area (Å²) in [6.45, 7) is 0.857. The van der Waals surface area contributed by atoms with Crippen molar-refractivity contribution in [1.82, 2.24) is 0 Å². The predicted octanol–water partition coefficient (Wildman–Crippen LogP) is 2.52. The second-order valence-electron chi connectivity index (χ2n) is 3.80. The third-order valence-corrected chi connectivity index (χ3v) is 3.78. The van der Waals surface area contributed by atoms with E-state index in [2.05, 4.69) is 0 Å². The minimum Gasteiger partial charge on any atom is -0.385 e. The van der Waals surface area contributed by atoms with Crippen molar-refractivity contribution >= 4 is 17.5 Å². The molecule has 0 bridgehead atoms. The van der Waals surface area contributed by atoms with Gasteiger partial charge in [-0.3, -0.25) is 4.79 Å². The number of rotatable bonds is 7. The van der Waals surface area contributed by atoms with Crippen molar-refractivity contribution in [3.05, 3.63) is 0 Å². The van der Waals surface area contributed by atoms with Crippen LogP contribution in [0.4, 0.5) is 0 Å². The van der Waals surface area contributed by atoms with Crippen LogP contribution in [0.1, 0.15) is 32.1 Å². The average molecular weight is 216 g/mol. The summed E-state index contributed by atoms with van der Waals surface area (Å²) >= 11 is 1.95. The van der Waals surface area contributed by atoms with Crippen LogP contribution >= 0.6 is 11.8 Å². The molecule has 0 amide bonds. The van der Waals surface area contributed by atoms with Crippen LogP contribution in [0.5, 0.6) is 0 Å². The molecular formula is C11H20O2S. The van der Waals surface area contributed by atoms with Gasteiger partial charge < -0.3 is 4.74 Å². The number of Topliss-reactive ketones (excluding diaryl/α,β-unsaturated/α-hetero) is 1. The average Bonchev–Trinajstić information content (AvgIpc) is 2.58. The van der Waals surface area contributed by atoms with Crippen LogP contribution in [0.15, 0.2) is 0 Å². The normalized spacial score (nSPS) is 21.8. The zero-order valence-electron chi connectivity index (χ0n) is 8.96. The van der Waals surface area contributed by atoms with Crippen molar-refractivity contribution in [1.29, 1.82) is 0 Å². The maximum atomic E-state index is 11.3. The Kier molecular flexibility index (Phi) is 6.28. The fourth-order valence-corrected chi connectivity index (χ4v) is 2.80. The Labute approximate surface area is 90.8 Å². The first-order valence-corrected chi connectivity index (χ1v) is 6.59. The van der Waals surface area contributed by atoms with E-state index < -0.39 is 0 Å². The van der Waals surface area contributed by atoms with E-state index in [1.54, 1.807) is 7.11 Å². The predicted molar refractivity (Wildman–Crippen MR) is 60.8 cm³/mol. The lowest BCUT2D eigenvalue weighted by Gasteiger charge is -2.06. The highest BCUT2D eigenvalue weighted by molar-refractivity contribution is 7.99. The molecule has 2 nitrogen and oxygen atoms in total. The number of thioether (sulfide) groups is 1. The summed E-state index contributed by atoms with van der Waals surface area (Å²) < 4.78 is 4.97. The van der Waals surface area contributed by atoms with Crippen molar-refractivity contribution < 1.29 is 9.53 Å². The van der Waals surface area contributed by atoms with E-state index in [4.69, 9.17) is 4.74 Å². The van der Waals surface area contributed by atoms with Crippen molar-refractivity contribution in [3.8, 4) is 0 Å². The van der Waals surface area contributed by atoms with E-state index >= 15 is 0 Å². The van der Waals surface area contributed by atoms with Gasteiger partial charge in [-0.05, 0) is 37.2 Å². The molecule has 1 fully saturated rings. The molecule has 1 atom stereocenters. The molecule has 0 aromatic heterocycles. The molecule has 0 N–H and O–H groups in total. The fourth-order valence-electron chi connectivity index (χ4n) is 1.83. The molecule has 1 saturated carbocycles. The maximum Gasteiger partial charge on any atom is 0.136 e. The van der Waals surface area contributed by atoms with Crippen LogP contribution in [0.3, 0.4) is 0 Å². The first kappa shape index (κ1) is 12.1. The summed E-state index contributed by atoms with van der Waals surface area (Å²) in [6.07, 6.45) is 5.31. The van der Waals surface area contributed by atoms with E-state index in [0.717, 1.165) is 50.2 Å². The highest BCUT2D eigenvalue weighted by atomic mass is 32.2. The van der Waals surface area contributed by atoms with Gasteiger partial charge in [0.25, 0.3) is 0 Å². The third kappa shape index (κ3) is 4.47. The van der Waals surface area contributed by atoms with Crippen LogP contribution in [0.25, 0.3) is 0 Å². The van der Waals surface area contributed by atoms with Crippen molar-refractivity contribution in [3.63, 3.8) is 0 Å². The Morgan fingerprint density at radius 2 is 2.36 bits per heavy atom. The molecule has 1 aliphatic carbocycles. The van der Waals surface area contributed by atoms with Gasteiger partial charge in [0.05, 0.1) is 0 Å². The molecule has 0 spiro atoms. The molecule has 3 heteroatoms.